The highest BCUT2D eigenvalue weighted by Gasteiger charge is 2.39. The highest BCUT2D eigenvalue weighted by Crippen LogP contribution is 2.34. The minimum Gasteiger partial charge on any atom is -0.371 e. The fourth-order valence-corrected chi connectivity index (χ4v) is 4.19. The number of morpholine rings is 1. The zero-order chi connectivity index (χ0) is 17.3. The molecule has 1 saturated carbocycles. The molecule has 0 radical (unpaired) electrons. The third-order valence-corrected chi connectivity index (χ3v) is 5.52. The fourth-order valence-electron chi connectivity index (χ4n) is 4.19. The highest BCUT2D eigenvalue weighted by atomic mass is 16.5. The third-order valence-electron chi connectivity index (χ3n) is 5.52. The van der Waals surface area contributed by atoms with Gasteiger partial charge in [-0.1, -0.05) is 37.5 Å². The maximum Gasteiger partial charge on any atom is 0.256 e. The lowest BCUT2D eigenvalue weighted by atomic mass is 9.83. The normalized spacial score (nSPS) is 20.1. The van der Waals surface area contributed by atoms with Crippen LogP contribution in [0.5, 0.6) is 0 Å². The first-order chi connectivity index (χ1) is 12.2. The van der Waals surface area contributed by atoms with E-state index in [1.165, 1.54) is 19.3 Å². The second-order valence-corrected chi connectivity index (χ2v) is 7.30. The lowest BCUT2D eigenvalue weighted by Crippen LogP contribution is -2.54. The van der Waals surface area contributed by atoms with E-state index in [-0.39, 0.29) is 23.5 Å². The number of H-pyrrole nitrogens is 1. The summed E-state index contributed by atoms with van der Waals surface area (Å²) in [6.07, 6.45) is 5.95. The molecule has 1 aromatic heterocycles. The number of nitrogens with one attached hydrogen (secondary N) is 1. The Balaban J connectivity index is 1.51. The lowest BCUT2D eigenvalue weighted by Gasteiger charge is -2.45. The molecular formula is C20H24N2O3. The van der Waals surface area contributed by atoms with Crippen molar-refractivity contribution in [3.8, 4) is 0 Å². The van der Waals surface area contributed by atoms with Crippen LogP contribution in [0.25, 0.3) is 10.8 Å². The molecule has 5 nitrogen and oxygen atoms in total. The van der Waals surface area contributed by atoms with Gasteiger partial charge in [0, 0.05) is 24.2 Å². The number of rotatable bonds is 2. The molecule has 4 rings (SSSR count). The molecule has 0 atom stereocenters. The molecule has 1 spiro atoms. The van der Waals surface area contributed by atoms with Gasteiger partial charge in [-0.25, -0.2) is 0 Å². The van der Waals surface area contributed by atoms with Gasteiger partial charge in [-0.3, -0.25) is 9.59 Å². The van der Waals surface area contributed by atoms with Crippen molar-refractivity contribution in [1.82, 2.24) is 9.88 Å². The van der Waals surface area contributed by atoms with Crippen LogP contribution < -0.4 is 5.56 Å². The number of aromatic amines is 1. The quantitative estimate of drug-likeness (QED) is 0.914. The first-order valence-electron chi connectivity index (χ1n) is 9.18. The van der Waals surface area contributed by atoms with E-state index in [0.717, 1.165) is 18.2 Å². The van der Waals surface area contributed by atoms with Crippen molar-refractivity contribution in [1.29, 1.82) is 0 Å². The van der Waals surface area contributed by atoms with Gasteiger partial charge in [-0.05, 0) is 30.4 Å². The van der Waals surface area contributed by atoms with Crippen LogP contribution in [0.1, 0.15) is 37.8 Å². The number of hydrogen-bond acceptors (Lipinski definition) is 3. The van der Waals surface area contributed by atoms with Gasteiger partial charge in [0.2, 0.25) is 5.91 Å². The van der Waals surface area contributed by atoms with Crippen LogP contribution in [0, 0.1) is 0 Å². The molecule has 1 aromatic carbocycles. The maximum absolute atomic E-state index is 12.8. The molecule has 1 N–H and O–H groups in total. The molecule has 1 aliphatic heterocycles. The predicted octanol–water partition coefficient (Wildman–Crippen LogP) is 2.63. The van der Waals surface area contributed by atoms with Crippen molar-refractivity contribution in [3.63, 3.8) is 0 Å². The molecule has 1 saturated heterocycles. The van der Waals surface area contributed by atoms with Crippen molar-refractivity contribution in [2.75, 3.05) is 19.7 Å². The zero-order valence-corrected chi connectivity index (χ0v) is 14.4. The minimum absolute atomic E-state index is 0.0687. The fraction of sp³-hybridized carbons (Fsp3) is 0.500. The zero-order valence-electron chi connectivity index (χ0n) is 14.4. The molecule has 2 heterocycles. The Labute approximate surface area is 147 Å². The van der Waals surface area contributed by atoms with Crippen LogP contribution in [0.3, 0.4) is 0 Å². The van der Waals surface area contributed by atoms with E-state index in [4.69, 9.17) is 4.74 Å². The largest absolute Gasteiger partial charge is 0.371 e. The number of carbonyl (C=O) groups excluding carboxylic acids is 1. The van der Waals surface area contributed by atoms with Crippen molar-refractivity contribution >= 4 is 16.7 Å². The number of amides is 1. The molecule has 132 valence electrons. The Hall–Kier alpha value is -2.14. The molecule has 2 fully saturated rings. The Morgan fingerprint density at radius 3 is 2.84 bits per heavy atom. The smallest absolute Gasteiger partial charge is 0.256 e. The van der Waals surface area contributed by atoms with E-state index in [0.29, 0.717) is 30.8 Å². The summed E-state index contributed by atoms with van der Waals surface area (Å²) in [5, 5.41) is 1.53. The summed E-state index contributed by atoms with van der Waals surface area (Å²) < 4.78 is 6.06. The van der Waals surface area contributed by atoms with Gasteiger partial charge in [-0.2, -0.15) is 0 Å². The van der Waals surface area contributed by atoms with Gasteiger partial charge >= 0.3 is 0 Å². The number of nitrogens with zero attached hydrogens (tertiary/aromatic N) is 1. The van der Waals surface area contributed by atoms with Crippen molar-refractivity contribution in [3.05, 3.63) is 46.4 Å². The van der Waals surface area contributed by atoms with Crippen LogP contribution in [0.2, 0.25) is 0 Å². The number of hydrogen-bond donors (Lipinski definition) is 1. The molecule has 25 heavy (non-hydrogen) atoms. The third kappa shape index (κ3) is 3.33. The van der Waals surface area contributed by atoms with E-state index in [2.05, 4.69) is 4.98 Å². The standard InChI is InChI=1S/C20H24N2O3/c23-18(22-10-11-25-20(14-22)8-4-1-5-9-20)13-16-12-15-6-2-3-7-17(15)19(24)21-16/h2-3,6-7,12H,1,4-5,8-11,13-14H2,(H,21,24). The minimum atomic E-state index is -0.136. The second kappa shape index (κ2) is 6.64. The molecular weight excluding hydrogens is 316 g/mol. The first kappa shape index (κ1) is 16.3. The van der Waals surface area contributed by atoms with E-state index in [1.807, 2.05) is 29.2 Å². The number of aromatic nitrogens is 1. The maximum atomic E-state index is 12.8. The number of carbonyl (C=O) groups is 1. The molecule has 5 heteroatoms. The molecule has 1 amide bonds. The van der Waals surface area contributed by atoms with Crippen LogP contribution in [-0.4, -0.2) is 41.1 Å². The summed E-state index contributed by atoms with van der Waals surface area (Å²) in [7, 11) is 0. The van der Waals surface area contributed by atoms with E-state index >= 15 is 0 Å². The van der Waals surface area contributed by atoms with Crippen LogP contribution in [-0.2, 0) is 16.0 Å². The predicted molar refractivity (Wildman–Crippen MR) is 96.6 cm³/mol. The Morgan fingerprint density at radius 2 is 2.00 bits per heavy atom. The SMILES string of the molecule is O=C(Cc1cc2ccccc2c(=O)[nH]1)N1CCOC2(CCCCC2)C1. The summed E-state index contributed by atoms with van der Waals surface area (Å²) in [6.45, 7) is 1.93. The molecule has 0 bridgehead atoms. The lowest BCUT2D eigenvalue weighted by molar-refractivity contribution is -0.155. The number of benzene rings is 1. The molecule has 1 aliphatic carbocycles. The summed E-state index contributed by atoms with van der Waals surface area (Å²) in [5.74, 6) is 0.0687. The first-order valence-corrected chi connectivity index (χ1v) is 9.18. The van der Waals surface area contributed by atoms with Crippen LogP contribution in [0.4, 0.5) is 0 Å². The van der Waals surface area contributed by atoms with Gasteiger partial charge < -0.3 is 14.6 Å². The number of pyridine rings is 1. The van der Waals surface area contributed by atoms with Crippen molar-refractivity contribution in [2.45, 2.75) is 44.1 Å². The molecule has 2 aliphatic rings. The average Bonchev–Trinajstić information content (AvgIpc) is 2.62. The van der Waals surface area contributed by atoms with Gasteiger partial charge in [0.15, 0.2) is 0 Å². The highest BCUT2D eigenvalue weighted by molar-refractivity contribution is 5.84. The topological polar surface area (TPSA) is 62.4 Å². The average molecular weight is 340 g/mol. The van der Waals surface area contributed by atoms with Crippen molar-refractivity contribution < 1.29 is 9.53 Å². The van der Waals surface area contributed by atoms with Crippen molar-refractivity contribution in [2.24, 2.45) is 0 Å². The molecule has 0 unspecified atom stereocenters. The Morgan fingerprint density at radius 1 is 1.20 bits per heavy atom. The summed E-state index contributed by atoms with van der Waals surface area (Å²) >= 11 is 0. The Bertz CT molecular complexity index is 831. The van der Waals surface area contributed by atoms with E-state index < -0.39 is 0 Å². The summed E-state index contributed by atoms with van der Waals surface area (Å²) in [5.41, 5.74) is 0.410. The monoisotopic (exact) mass is 340 g/mol. The van der Waals surface area contributed by atoms with Gasteiger partial charge in [0.25, 0.3) is 5.56 Å². The number of fused-ring (bicyclic) bond motifs is 1. The summed E-state index contributed by atoms with van der Waals surface area (Å²) in [4.78, 5) is 29.8. The number of ether oxygens (including phenoxy) is 1. The summed E-state index contributed by atoms with van der Waals surface area (Å²) in [6, 6.07) is 9.37. The van der Waals surface area contributed by atoms with E-state index in [9.17, 15) is 9.59 Å². The molecule has 2 aromatic rings. The van der Waals surface area contributed by atoms with Gasteiger partial charge in [0.05, 0.1) is 18.6 Å². The van der Waals surface area contributed by atoms with Crippen LogP contribution >= 0.6 is 0 Å². The van der Waals surface area contributed by atoms with Crippen LogP contribution in [0.15, 0.2) is 35.1 Å². The Kier molecular flexibility index (Phi) is 4.34. The van der Waals surface area contributed by atoms with Gasteiger partial charge in [0.1, 0.15) is 0 Å². The second-order valence-electron chi connectivity index (χ2n) is 7.30. The van der Waals surface area contributed by atoms with E-state index in [1.54, 1.807) is 6.07 Å². The van der Waals surface area contributed by atoms with Gasteiger partial charge in [-0.15, -0.1) is 0 Å².